The van der Waals surface area contributed by atoms with Crippen LogP contribution in [-0.4, -0.2) is 18.3 Å². The molecule has 5 heteroatoms. The van der Waals surface area contributed by atoms with Crippen molar-refractivity contribution in [2.45, 2.75) is 25.0 Å². The van der Waals surface area contributed by atoms with Crippen LogP contribution in [0.1, 0.15) is 24.5 Å². The minimum Gasteiger partial charge on any atom is -0.386 e. The van der Waals surface area contributed by atoms with Crippen LogP contribution in [-0.2, 0) is 4.74 Å². The second-order valence-corrected chi connectivity index (χ2v) is 5.48. The fourth-order valence-corrected chi connectivity index (χ4v) is 2.43. The molecule has 1 fully saturated rings. The van der Waals surface area contributed by atoms with E-state index in [1.54, 1.807) is 6.07 Å². The van der Waals surface area contributed by atoms with Gasteiger partial charge in [-0.15, -0.1) is 0 Å². The number of hydrogen-bond donors (Lipinski definition) is 1. The second kappa shape index (κ2) is 5.22. The van der Waals surface area contributed by atoms with E-state index in [9.17, 15) is 9.50 Å². The molecular weight excluding hydrogens is 310 g/mol. The Morgan fingerprint density at radius 1 is 1.53 bits per heavy atom. The zero-order valence-electron chi connectivity index (χ0n) is 9.29. The molecule has 0 aromatic heterocycles. The molecule has 1 aliphatic rings. The Kier molecular flexibility index (Phi) is 4.08. The number of methoxy groups -OCH3 is 1. The van der Waals surface area contributed by atoms with E-state index in [1.807, 2.05) is 0 Å². The average molecular weight is 324 g/mol. The van der Waals surface area contributed by atoms with Gasteiger partial charge < -0.3 is 9.84 Å². The molecule has 1 aliphatic carbocycles. The van der Waals surface area contributed by atoms with Crippen molar-refractivity contribution in [1.29, 1.82) is 0 Å². The zero-order chi connectivity index (χ0) is 12.6. The predicted octanol–water partition coefficient (Wildman–Crippen LogP) is 3.70. The number of rotatable bonds is 4. The van der Waals surface area contributed by atoms with Crippen LogP contribution in [0.4, 0.5) is 4.39 Å². The van der Waals surface area contributed by atoms with E-state index in [2.05, 4.69) is 15.9 Å². The number of ether oxygens (including phenoxy) is 1. The Labute approximate surface area is 113 Å². The minimum atomic E-state index is -0.974. The normalized spacial score (nSPS) is 19.1. The molecule has 0 aliphatic heterocycles. The van der Waals surface area contributed by atoms with Crippen LogP contribution in [0.25, 0.3) is 0 Å². The highest BCUT2D eigenvalue weighted by Crippen LogP contribution is 2.41. The number of halogens is 3. The van der Waals surface area contributed by atoms with Gasteiger partial charge in [-0.2, -0.15) is 0 Å². The molecule has 2 rings (SSSR count). The summed E-state index contributed by atoms with van der Waals surface area (Å²) in [5, 5.41) is 10.1. The van der Waals surface area contributed by atoms with Crippen LogP contribution in [0.2, 0.25) is 5.02 Å². The molecule has 1 aromatic rings. The fraction of sp³-hybridized carbons (Fsp3) is 0.500. The van der Waals surface area contributed by atoms with Crippen molar-refractivity contribution in [3.8, 4) is 0 Å². The van der Waals surface area contributed by atoms with Crippen molar-refractivity contribution in [2.75, 3.05) is 7.11 Å². The number of benzene rings is 1. The van der Waals surface area contributed by atoms with Crippen molar-refractivity contribution < 1.29 is 14.2 Å². The van der Waals surface area contributed by atoms with Crippen molar-refractivity contribution in [3.05, 3.63) is 33.0 Å². The van der Waals surface area contributed by atoms with E-state index in [1.165, 1.54) is 13.2 Å². The van der Waals surface area contributed by atoms with Gasteiger partial charge in [0.2, 0.25) is 0 Å². The standard InChI is InChI=1S/C12H13BrClFO2/c1-17-12(6-2-3-6)11(16)7-4-5-8(13)9(14)10(7)15/h4-6,11-12,16H,2-3H2,1H3. The molecule has 2 nitrogen and oxygen atoms in total. The first-order valence-corrected chi connectivity index (χ1v) is 6.57. The van der Waals surface area contributed by atoms with Crippen LogP contribution in [0.5, 0.6) is 0 Å². The summed E-state index contributed by atoms with van der Waals surface area (Å²) in [5.41, 5.74) is 0.192. The van der Waals surface area contributed by atoms with Gasteiger partial charge in [0.15, 0.2) is 0 Å². The Bertz CT molecular complexity index is 423. The van der Waals surface area contributed by atoms with Crippen molar-refractivity contribution in [2.24, 2.45) is 5.92 Å². The summed E-state index contributed by atoms with van der Waals surface area (Å²) in [6.45, 7) is 0. The largest absolute Gasteiger partial charge is 0.386 e. The first-order valence-electron chi connectivity index (χ1n) is 5.40. The van der Waals surface area contributed by atoms with E-state index in [0.29, 0.717) is 10.4 Å². The van der Waals surface area contributed by atoms with Crippen LogP contribution < -0.4 is 0 Å². The Hall–Kier alpha value is -0.160. The summed E-state index contributed by atoms with van der Waals surface area (Å²) >= 11 is 8.94. The highest BCUT2D eigenvalue weighted by Gasteiger charge is 2.38. The lowest BCUT2D eigenvalue weighted by atomic mass is 10.0. The molecule has 0 radical (unpaired) electrons. The lowest BCUT2D eigenvalue weighted by Crippen LogP contribution is -2.24. The number of hydrogen-bond acceptors (Lipinski definition) is 2. The monoisotopic (exact) mass is 322 g/mol. The van der Waals surface area contributed by atoms with E-state index in [4.69, 9.17) is 16.3 Å². The maximum atomic E-state index is 13.9. The number of aliphatic hydroxyl groups excluding tert-OH is 1. The Balaban J connectivity index is 2.29. The molecule has 0 amide bonds. The smallest absolute Gasteiger partial charge is 0.148 e. The van der Waals surface area contributed by atoms with Gasteiger partial charge in [-0.3, -0.25) is 0 Å². The topological polar surface area (TPSA) is 29.5 Å². The van der Waals surface area contributed by atoms with Gasteiger partial charge in [0, 0.05) is 17.1 Å². The van der Waals surface area contributed by atoms with Crippen molar-refractivity contribution in [3.63, 3.8) is 0 Å². The third-order valence-electron chi connectivity index (χ3n) is 3.05. The molecule has 17 heavy (non-hydrogen) atoms. The molecule has 0 bridgehead atoms. The molecule has 1 N–H and O–H groups in total. The molecule has 1 saturated carbocycles. The summed E-state index contributed by atoms with van der Waals surface area (Å²) in [7, 11) is 1.53. The van der Waals surface area contributed by atoms with Gasteiger partial charge >= 0.3 is 0 Å². The molecular formula is C12H13BrClFO2. The van der Waals surface area contributed by atoms with Gasteiger partial charge in [-0.1, -0.05) is 17.7 Å². The first kappa shape index (κ1) is 13.3. The quantitative estimate of drug-likeness (QED) is 0.856. The summed E-state index contributed by atoms with van der Waals surface area (Å²) in [4.78, 5) is 0. The molecule has 0 heterocycles. The van der Waals surface area contributed by atoms with Crippen molar-refractivity contribution in [1.82, 2.24) is 0 Å². The van der Waals surface area contributed by atoms with Gasteiger partial charge in [0.05, 0.1) is 11.1 Å². The summed E-state index contributed by atoms with van der Waals surface area (Å²) in [5.74, 6) is -0.270. The second-order valence-electron chi connectivity index (χ2n) is 4.25. The summed E-state index contributed by atoms with van der Waals surface area (Å²) in [6, 6.07) is 3.16. The molecule has 0 spiro atoms. The third-order valence-corrected chi connectivity index (χ3v) is 4.31. The first-order chi connectivity index (χ1) is 8.06. The van der Waals surface area contributed by atoms with Gasteiger partial charge in [0.25, 0.3) is 0 Å². The average Bonchev–Trinajstić information content (AvgIpc) is 3.11. The van der Waals surface area contributed by atoms with Crippen LogP contribution in [0, 0.1) is 11.7 Å². The van der Waals surface area contributed by atoms with Gasteiger partial charge in [-0.25, -0.2) is 4.39 Å². The Morgan fingerprint density at radius 3 is 2.71 bits per heavy atom. The predicted molar refractivity (Wildman–Crippen MR) is 67.6 cm³/mol. The lowest BCUT2D eigenvalue weighted by Gasteiger charge is -2.22. The maximum absolute atomic E-state index is 13.9. The molecule has 1 aromatic carbocycles. The highest BCUT2D eigenvalue weighted by molar-refractivity contribution is 9.10. The van der Waals surface area contributed by atoms with E-state index >= 15 is 0 Å². The van der Waals surface area contributed by atoms with E-state index in [-0.39, 0.29) is 16.7 Å². The molecule has 2 atom stereocenters. The van der Waals surface area contributed by atoms with Gasteiger partial charge in [-0.05, 0) is 40.8 Å². The Morgan fingerprint density at radius 2 is 2.18 bits per heavy atom. The zero-order valence-corrected chi connectivity index (χ0v) is 11.6. The summed E-state index contributed by atoms with van der Waals surface area (Å²) < 4.78 is 19.6. The van der Waals surface area contributed by atoms with E-state index in [0.717, 1.165) is 12.8 Å². The van der Waals surface area contributed by atoms with Gasteiger partial charge in [0.1, 0.15) is 11.9 Å². The summed E-state index contributed by atoms with van der Waals surface area (Å²) in [6.07, 6.45) is 0.697. The van der Waals surface area contributed by atoms with Crippen molar-refractivity contribution >= 4 is 27.5 Å². The maximum Gasteiger partial charge on any atom is 0.148 e. The fourth-order valence-electron chi connectivity index (χ4n) is 1.95. The lowest BCUT2D eigenvalue weighted by molar-refractivity contribution is -0.0274. The number of aliphatic hydroxyl groups is 1. The molecule has 0 saturated heterocycles. The SMILES string of the molecule is COC(C1CC1)C(O)c1ccc(Br)c(Cl)c1F. The van der Waals surface area contributed by atoms with Crippen LogP contribution in [0.3, 0.4) is 0 Å². The molecule has 94 valence electrons. The highest BCUT2D eigenvalue weighted by atomic mass is 79.9. The molecule has 2 unspecified atom stereocenters. The van der Waals surface area contributed by atoms with E-state index < -0.39 is 11.9 Å². The minimum absolute atomic E-state index is 0.00722. The van der Waals surface area contributed by atoms with Crippen LogP contribution >= 0.6 is 27.5 Å². The van der Waals surface area contributed by atoms with Crippen LogP contribution in [0.15, 0.2) is 16.6 Å². The third kappa shape index (κ3) is 2.65.